The summed E-state index contributed by atoms with van der Waals surface area (Å²) in [6, 6.07) is 1.32. The standard InChI is InChI=1S/C12H17N3O4S/c1-4-10-11(6-15(3)13-10)14-20(17,18)12-5-9(7-16)19-8(12)2/h5-6,14,16H,4,7H2,1-3H3. The zero-order chi connectivity index (χ0) is 14.9. The summed E-state index contributed by atoms with van der Waals surface area (Å²) in [5.74, 6) is 0.452. The van der Waals surface area contributed by atoms with Gasteiger partial charge in [-0.3, -0.25) is 9.40 Å². The van der Waals surface area contributed by atoms with Crippen molar-refractivity contribution in [1.29, 1.82) is 0 Å². The summed E-state index contributed by atoms with van der Waals surface area (Å²) in [5, 5.41) is 13.2. The number of nitrogens with zero attached hydrogens (tertiary/aromatic N) is 2. The highest BCUT2D eigenvalue weighted by Gasteiger charge is 2.23. The Bertz CT molecular complexity index is 715. The van der Waals surface area contributed by atoms with Gasteiger partial charge in [-0.05, 0) is 13.3 Å². The topological polar surface area (TPSA) is 97.4 Å². The molecule has 0 bridgehead atoms. The quantitative estimate of drug-likeness (QED) is 0.864. The molecular formula is C12H17N3O4S. The number of aliphatic hydroxyl groups excluding tert-OH is 1. The van der Waals surface area contributed by atoms with Crippen molar-refractivity contribution in [1.82, 2.24) is 9.78 Å². The van der Waals surface area contributed by atoms with Crippen LogP contribution in [0, 0.1) is 6.92 Å². The lowest BCUT2D eigenvalue weighted by atomic mass is 10.3. The third-order valence-electron chi connectivity index (χ3n) is 2.85. The van der Waals surface area contributed by atoms with E-state index < -0.39 is 10.0 Å². The van der Waals surface area contributed by atoms with Gasteiger partial charge < -0.3 is 9.52 Å². The van der Waals surface area contributed by atoms with E-state index in [2.05, 4.69) is 9.82 Å². The Balaban J connectivity index is 2.37. The number of aryl methyl sites for hydroxylation is 3. The summed E-state index contributed by atoms with van der Waals surface area (Å²) < 4.78 is 33.9. The van der Waals surface area contributed by atoms with Gasteiger partial charge >= 0.3 is 0 Å². The number of hydrogen-bond acceptors (Lipinski definition) is 5. The van der Waals surface area contributed by atoms with Crippen molar-refractivity contribution in [3.63, 3.8) is 0 Å². The van der Waals surface area contributed by atoms with Gasteiger partial charge in [-0.15, -0.1) is 0 Å². The van der Waals surface area contributed by atoms with E-state index in [1.165, 1.54) is 13.0 Å². The van der Waals surface area contributed by atoms with Crippen LogP contribution < -0.4 is 4.72 Å². The Kier molecular flexibility index (Phi) is 3.87. The van der Waals surface area contributed by atoms with Gasteiger partial charge in [0.05, 0.1) is 11.4 Å². The lowest BCUT2D eigenvalue weighted by Gasteiger charge is -2.05. The molecule has 7 nitrogen and oxygen atoms in total. The van der Waals surface area contributed by atoms with Crippen molar-refractivity contribution >= 4 is 15.7 Å². The van der Waals surface area contributed by atoms with Crippen molar-refractivity contribution in [2.45, 2.75) is 31.8 Å². The van der Waals surface area contributed by atoms with Gasteiger partial charge in [-0.1, -0.05) is 6.92 Å². The molecule has 0 unspecified atom stereocenters. The van der Waals surface area contributed by atoms with E-state index in [0.717, 1.165) is 0 Å². The van der Waals surface area contributed by atoms with Crippen LogP contribution in [0.4, 0.5) is 5.69 Å². The Hall–Kier alpha value is -1.80. The lowest BCUT2D eigenvalue weighted by Crippen LogP contribution is -2.13. The van der Waals surface area contributed by atoms with Gasteiger partial charge in [0.15, 0.2) is 0 Å². The number of sulfonamides is 1. The number of nitrogens with one attached hydrogen (secondary N) is 1. The van der Waals surface area contributed by atoms with Gasteiger partial charge in [0.25, 0.3) is 10.0 Å². The zero-order valence-electron chi connectivity index (χ0n) is 11.5. The van der Waals surface area contributed by atoms with Crippen molar-refractivity contribution in [2.24, 2.45) is 7.05 Å². The molecule has 0 aliphatic carbocycles. The second-order valence-corrected chi connectivity index (χ2v) is 6.06. The summed E-state index contributed by atoms with van der Waals surface area (Å²) >= 11 is 0. The highest BCUT2D eigenvalue weighted by atomic mass is 32.2. The fraction of sp³-hybridized carbons (Fsp3) is 0.417. The second kappa shape index (κ2) is 5.29. The predicted octanol–water partition coefficient (Wildman–Crippen LogP) is 1.18. The molecule has 0 fully saturated rings. The first-order chi connectivity index (χ1) is 9.37. The fourth-order valence-electron chi connectivity index (χ4n) is 1.95. The van der Waals surface area contributed by atoms with Crippen LogP contribution in [0.3, 0.4) is 0 Å². The molecule has 0 spiro atoms. The van der Waals surface area contributed by atoms with Crippen LogP contribution in [0.15, 0.2) is 21.6 Å². The van der Waals surface area contributed by atoms with Gasteiger partial charge in [0, 0.05) is 19.3 Å². The molecule has 8 heteroatoms. The van der Waals surface area contributed by atoms with Crippen LogP contribution in [0.25, 0.3) is 0 Å². The summed E-state index contributed by atoms with van der Waals surface area (Å²) in [7, 11) is -2.03. The number of rotatable bonds is 5. The number of aromatic nitrogens is 2. The summed E-state index contributed by atoms with van der Waals surface area (Å²) in [4.78, 5) is 0.0208. The molecule has 0 aliphatic rings. The average Bonchev–Trinajstić information content (AvgIpc) is 2.92. The van der Waals surface area contributed by atoms with Crippen LogP contribution in [-0.2, 0) is 30.1 Å². The monoisotopic (exact) mass is 299 g/mol. The predicted molar refractivity (Wildman–Crippen MR) is 72.8 cm³/mol. The molecule has 2 heterocycles. The Morgan fingerprint density at radius 1 is 1.50 bits per heavy atom. The van der Waals surface area contributed by atoms with E-state index >= 15 is 0 Å². The molecule has 0 saturated carbocycles. The molecule has 2 rings (SSSR count). The first kappa shape index (κ1) is 14.6. The highest BCUT2D eigenvalue weighted by molar-refractivity contribution is 7.92. The second-order valence-electron chi connectivity index (χ2n) is 4.41. The lowest BCUT2D eigenvalue weighted by molar-refractivity contribution is 0.245. The molecule has 0 aliphatic heterocycles. The first-order valence-corrected chi connectivity index (χ1v) is 7.61. The Morgan fingerprint density at radius 2 is 2.20 bits per heavy atom. The number of hydrogen-bond donors (Lipinski definition) is 2. The first-order valence-electron chi connectivity index (χ1n) is 6.13. The minimum Gasteiger partial charge on any atom is -0.462 e. The molecular weight excluding hydrogens is 282 g/mol. The van der Waals surface area contributed by atoms with E-state index in [-0.39, 0.29) is 23.0 Å². The Morgan fingerprint density at radius 3 is 2.75 bits per heavy atom. The molecule has 2 aromatic heterocycles. The molecule has 110 valence electrons. The maximum absolute atomic E-state index is 12.3. The van der Waals surface area contributed by atoms with Crippen LogP contribution >= 0.6 is 0 Å². The van der Waals surface area contributed by atoms with Crippen molar-refractivity contribution in [2.75, 3.05) is 4.72 Å². The van der Waals surface area contributed by atoms with Gasteiger partial charge in [-0.2, -0.15) is 5.10 Å². The summed E-state index contributed by atoms with van der Waals surface area (Å²) in [5.41, 5.74) is 1.11. The van der Waals surface area contributed by atoms with E-state index in [4.69, 9.17) is 9.52 Å². The molecule has 2 aromatic rings. The smallest absolute Gasteiger partial charge is 0.265 e. The Labute approximate surface area is 117 Å². The van der Waals surface area contributed by atoms with Crippen molar-refractivity contribution in [3.8, 4) is 0 Å². The average molecular weight is 299 g/mol. The van der Waals surface area contributed by atoms with Gasteiger partial charge in [-0.25, -0.2) is 8.42 Å². The summed E-state index contributed by atoms with van der Waals surface area (Å²) in [6.45, 7) is 3.09. The molecule has 0 aromatic carbocycles. The third-order valence-corrected chi connectivity index (χ3v) is 4.33. The molecule has 2 N–H and O–H groups in total. The highest BCUT2D eigenvalue weighted by Crippen LogP contribution is 2.24. The van der Waals surface area contributed by atoms with Crippen LogP contribution in [-0.4, -0.2) is 23.3 Å². The van der Waals surface area contributed by atoms with E-state index in [0.29, 0.717) is 17.8 Å². The van der Waals surface area contributed by atoms with E-state index in [1.807, 2.05) is 6.92 Å². The van der Waals surface area contributed by atoms with Crippen LogP contribution in [0.5, 0.6) is 0 Å². The number of aliphatic hydroxyl groups is 1. The third kappa shape index (κ3) is 2.70. The molecule has 0 amide bonds. The number of furan rings is 1. The number of anilines is 1. The molecule has 0 radical (unpaired) electrons. The minimum absolute atomic E-state index is 0.0208. The fourth-order valence-corrected chi connectivity index (χ4v) is 3.23. The van der Waals surface area contributed by atoms with E-state index in [1.54, 1.807) is 17.9 Å². The molecule has 0 saturated heterocycles. The van der Waals surface area contributed by atoms with E-state index in [9.17, 15) is 8.42 Å². The molecule has 20 heavy (non-hydrogen) atoms. The van der Waals surface area contributed by atoms with Gasteiger partial charge in [0.1, 0.15) is 23.0 Å². The zero-order valence-corrected chi connectivity index (χ0v) is 12.4. The van der Waals surface area contributed by atoms with Crippen molar-refractivity contribution < 1.29 is 17.9 Å². The minimum atomic E-state index is -3.76. The van der Waals surface area contributed by atoms with Gasteiger partial charge in [0.2, 0.25) is 0 Å². The SMILES string of the molecule is CCc1nn(C)cc1NS(=O)(=O)c1cc(CO)oc1C. The molecule has 0 atom stereocenters. The largest absolute Gasteiger partial charge is 0.462 e. The maximum Gasteiger partial charge on any atom is 0.265 e. The maximum atomic E-state index is 12.3. The summed E-state index contributed by atoms with van der Waals surface area (Å²) in [6.07, 6.45) is 2.23. The van der Waals surface area contributed by atoms with Crippen LogP contribution in [0.2, 0.25) is 0 Å². The van der Waals surface area contributed by atoms with Crippen LogP contribution in [0.1, 0.15) is 24.1 Å². The van der Waals surface area contributed by atoms with Crippen molar-refractivity contribution in [3.05, 3.63) is 29.5 Å². The normalized spacial score (nSPS) is 11.8.